The first-order valence-corrected chi connectivity index (χ1v) is 7.52. The molecule has 3 rings (SSSR count). The predicted octanol–water partition coefficient (Wildman–Crippen LogP) is 3.26. The Morgan fingerprint density at radius 2 is 2.09 bits per heavy atom. The minimum atomic E-state index is -0.0358. The number of nitrogens with one attached hydrogen (secondary N) is 1. The van der Waals surface area contributed by atoms with Gasteiger partial charge in [0.15, 0.2) is 5.82 Å². The fourth-order valence-corrected chi connectivity index (χ4v) is 2.73. The zero-order valence-electron chi connectivity index (χ0n) is 13.5. The van der Waals surface area contributed by atoms with E-state index in [1.54, 1.807) is 0 Å². The van der Waals surface area contributed by atoms with Crippen LogP contribution in [0.15, 0.2) is 35.7 Å². The van der Waals surface area contributed by atoms with Gasteiger partial charge in [-0.2, -0.15) is 5.10 Å². The van der Waals surface area contributed by atoms with E-state index in [1.165, 1.54) is 11.9 Å². The van der Waals surface area contributed by atoms with Crippen LogP contribution in [-0.2, 0) is 0 Å². The lowest BCUT2D eigenvalue weighted by Gasteiger charge is -2.37. The Kier molecular flexibility index (Phi) is 3.56. The maximum absolute atomic E-state index is 4.66. The lowest BCUT2D eigenvalue weighted by atomic mass is 9.99. The van der Waals surface area contributed by atoms with Crippen molar-refractivity contribution in [1.29, 1.82) is 0 Å². The molecule has 0 bridgehead atoms. The monoisotopic (exact) mass is 295 g/mol. The van der Waals surface area contributed by atoms with E-state index < -0.39 is 0 Å². The molecule has 5 heteroatoms. The van der Waals surface area contributed by atoms with E-state index in [9.17, 15) is 0 Å². The van der Waals surface area contributed by atoms with E-state index >= 15 is 0 Å². The van der Waals surface area contributed by atoms with Crippen LogP contribution in [0.4, 0.5) is 0 Å². The van der Waals surface area contributed by atoms with Crippen molar-refractivity contribution in [1.82, 2.24) is 20.1 Å². The number of rotatable bonds is 3. The highest BCUT2D eigenvalue weighted by Gasteiger charge is 2.25. The smallest absolute Gasteiger partial charge is 0.155 e. The standard InChI is InChI=1S/C17H21N5/c1-5-22-9-15(18-10-17(22,3)4)14-7-6-13(8-12(14)2)16-19-11-20-21-16/h6-11H,5H2,1-4H3,(H,19,20,21). The van der Waals surface area contributed by atoms with Gasteiger partial charge in [0.25, 0.3) is 0 Å². The molecule has 1 aromatic heterocycles. The van der Waals surface area contributed by atoms with Gasteiger partial charge in [0.2, 0.25) is 0 Å². The normalized spacial score (nSPS) is 16.7. The number of aromatic nitrogens is 3. The molecular weight excluding hydrogens is 274 g/mol. The summed E-state index contributed by atoms with van der Waals surface area (Å²) in [4.78, 5) is 11.2. The molecule has 0 radical (unpaired) electrons. The first-order chi connectivity index (χ1) is 10.5. The number of aryl methyl sites for hydroxylation is 1. The van der Waals surface area contributed by atoms with Crippen LogP contribution in [0.1, 0.15) is 31.9 Å². The molecule has 1 N–H and O–H groups in total. The fourth-order valence-electron chi connectivity index (χ4n) is 2.73. The van der Waals surface area contributed by atoms with Crippen LogP contribution in [0.5, 0.6) is 0 Å². The molecule has 0 unspecified atom stereocenters. The highest BCUT2D eigenvalue weighted by atomic mass is 15.2. The average molecular weight is 295 g/mol. The first kappa shape index (κ1) is 14.5. The molecular formula is C17H21N5. The second-order valence-corrected chi connectivity index (χ2v) is 6.08. The van der Waals surface area contributed by atoms with Crippen LogP contribution in [0, 0.1) is 6.92 Å². The fraction of sp³-hybridized carbons (Fsp3) is 0.353. The summed E-state index contributed by atoms with van der Waals surface area (Å²) in [5.74, 6) is 0.784. The van der Waals surface area contributed by atoms with Crippen LogP contribution in [0.25, 0.3) is 17.1 Å². The highest BCUT2D eigenvalue weighted by Crippen LogP contribution is 2.29. The molecule has 0 aliphatic carbocycles. The van der Waals surface area contributed by atoms with Gasteiger partial charge >= 0.3 is 0 Å². The molecule has 0 saturated heterocycles. The van der Waals surface area contributed by atoms with Crippen molar-refractivity contribution in [3.05, 3.63) is 41.9 Å². The molecule has 0 atom stereocenters. The molecule has 5 nitrogen and oxygen atoms in total. The lowest BCUT2D eigenvalue weighted by molar-refractivity contribution is 0.271. The Hall–Kier alpha value is -2.43. The van der Waals surface area contributed by atoms with Gasteiger partial charge in [-0.05, 0) is 39.3 Å². The maximum atomic E-state index is 4.66. The number of benzene rings is 1. The third-order valence-electron chi connectivity index (χ3n) is 4.07. The van der Waals surface area contributed by atoms with E-state index in [-0.39, 0.29) is 5.54 Å². The second-order valence-electron chi connectivity index (χ2n) is 6.08. The Labute approximate surface area is 130 Å². The lowest BCUT2D eigenvalue weighted by Crippen LogP contribution is -2.43. The van der Waals surface area contributed by atoms with Crippen molar-refractivity contribution in [2.24, 2.45) is 4.99 Å². The SMILES string of the molecule is CCN1C=C(c2ccc(-c3ncn[nH]3)cc2C)N=CC1(C)C. The third kappa shape index (κ3) is 2.54. The molecule has 0 saturated carbocycles. The van der Waals surface area contributed by atoms with Gasteiger partial charge in [-0.3, -0.25) is 10.1 Å². The number of hydrogen-bond donors (Lipinski definition) is 1. The first-order valence-electron chi connectivity index (χ1n) is 7.52. The second kappa shape index (κ2) is 5.40. The Morgan fingerprint density at radius 3 is 2.73 bits per heavy atom. The summed E-state index contributed by atoms with van der Waals surface area (Å²) < 4.78 is 0. The van der Waals surface area contributed by atoms with Gasteiger partial charge in [-0.15, -0.1) is 0 Å². The molecule has 22 heavy (non-hydrogen) atoms. The van der Waals surface area contributed by atoms with Gasteiger partial charge in [-0.1, -0.05) is 12.1 Å². The summed E-state index contributed by atoms with van der Waals surface area (Å²) in [7, 11) is 0. The molecule has 2 heterocycles. The van der Waals surface area contributed by atoms with Crippen molar-refractivity contribution in [3.63, 3.8) is 0 Å². The summed E-state index contributed by atoms with van der Waals surface area (Å²) in [5, 5.41) is 6.79. The molecule has 1 aliphatic rings. The molecule has 1 aliphatic heterocycles. The van der Waals surface area contributed by atoms with E-state index in [1.807, 2.05) is 6.21 Å². The predicted molar refractivity (Wildman–Crippen MR) is 89.5 cm³/mol. The van der Waals surface area contributed by atoms with Gasteiger partial charge in [-0.25, -0.2) is 4.98 Å². The zero-order chi connectivity index (χ0) is 15.7. The molecule has 114 valence electrons. The van der Waals surface area contributed by atoms with Gasteiger partial charge in [0.05, 0.1) is 11.2 Å². The van der Waals surface area contributed by atoms with Gasteiger partial charge in [0, 0.05) is 30.1 Å². The van der Waals surface area contributed by atoms with Crippen molar-refractivity contribution >= 4 is 11.9 Å². The van der Waals surface area contributed by atoms with Crippen LogP contribution >= 0.6 is 0 Å². The Bertz CT molecular complexity index is 726. The summed E-state index contributed by atoms with van der Waals surface area (Å²) in [6, 6.07) is 6.26. The minimum Gasteiger partial charge on any atom is -0.366 e. The van der Waals surface area contributed by atoms with Crippen molar-refractivity contribution < 1.29 is 0 Å². The summed E-state index contributed by atoms with van der Waals surface area (Å²) in [6.45, 7) is 9.56. The van der Waals surface area contributed by atoms with E-state index in [0.717, 1.165) is 29.2 Å². The minimum absolute atomic E-state index is 0.0358. The van der Waals surface area contributed by atoms with E-state index in [2.05, 4.69) is 77.2 Å². The summed E-state index contributed by atoms with van der Waals surface area (Å²) >= 11 is 0. The Morgan fingerprint density at radius 1 is 1.27 bits per heavy atom. The third-order valence-corrected chi connectivity index (χ3v) is 4.07. The molecule has 0 fully saturated rings. The van der Waals surface area contributed by atoms with Gasteiger partial charge in [0.1, 0.15) is 6.33 Å². The van der Waals surface area contributed by atoms with Crippen molar-refractivity contribution in [2.45, 2.75) is 33.2 Å². The Balaban J connectivity index is 1.96. The van der Waals surface area contributed by atoms with Crippen LogP contribution in [-0.4, -0.2) is 38.4 Å². The van der Waals surface area contributed by atoms with Crippen LogP contribution in [0.2, 0.25) is 0 Å². The molecule has 0 spiro atoms. The molecule has 1 aromatic carbocycles. The van der Waals surface area contributed by atoms with E-state index in [0.29, 0.717) is 0 Å². The number of H-pyrrole nitrogens is 1. The number of aromatic amines is 1. The summed E-state index contributed by atoms with van der Waals surface area (Å²) in [6.07, 6.45) is 5.69. The summed E-state index contributed by atoms with van der Waals surface area (Å²) in [5.41, 5.74) is 4.32. The van der Waals surface area contributed by atoms with Crippen molar-refractivity contribution in [3.8, 4) is 11.4 Å². The van der Waals surface area contributed by atoms with Crippen LogP contribution < -0.4 is 0 Å². The number of nitrogens with zero attached hydrogens (tertiary/aromatic N) is 4. The van der Waals surface area contributed by atoms with Crippen LogP contribution in [0.3, 0.4) is 0 Å². The average Bonchev–Trinajstić information content (AvgIpc) is 3.01. The van der Waals surface area contributed by atoms with Gasteiger partial charge < -0.3 is 4.90 Å². The maximum Gasteiger partial charge on any atom is 0.155 e. The van der Waals surface area contributed by atoms with E-state index in [4.69, 9.17) is 0 Å². The zero-order valence-corrected chi connectivity index (χ0v) is 13.5. The quantitative estimate of drug-likeness (QED) is 0.945. The largest absolute Gasteiger partial charge is 0.366 e. The highest BCUT2D eigenvalue weighted by molar-refractivity contribution is 5.83. The molecule has 0 amide bonds. The number of hydrogen-bond acceptors (Lipinski definition) is 4. The topological polar surface area (TPSA) is 57.2 Å². The molecule has 2 aromatic rings. The van der Waals surface area contributed by atoms with Crippen molar-refractivity contribution in [2.75, 3.05) is 6.54 Å². The number of aliphatic imine (C=N–C) groups is 1.